The number of carbonyl (C=O) groups excluding carboxylic acids is 1. The number of hydrogen-bond donors (Lipinski definition) is 1. The number of ether oxygens (including phenoxy) is 1. The van der Waals surface area contributed by atoms with Gasteiger partial charge in [-0.2, -0.15) is 5.10 Å². The first kappa shape index (κ1) is 19.1. The maximum atomic E-state index is 12.5. The van der Waals surface area contributed by atoms with Crippen LogP contribution in [0.4, 0.5) is 5.69 Å². The molecule has 1 aliphatic rings. The first-order chi connectivity index (χ1) is 12.9. The van der Waals surface area contributed by atoms with Crippen molar-refractivity contribution in [1.29, 1.82) is 0 Å². The van der Waals surface area contributed by atoms with E-state index < -0.39 is 10.0 Å². The van der Waals surface area contributed by atoms with Crippen molar-refractivity contribution < 1.29 is 17.9 Å². The van der Waals surface area contributed by atoms with Crippen molar-refractivity contribution in [3.05, 3.63) is 65.7 Å². The average molecular weight is 387 g/mol. The Morgan fingerprint density at radius 2 is 1.96 bits per heavy atom. The molecular formula is C19H21N3O4S. The normalized spacial score (nSPS) is 16.9. The second-order valence-electron chi connectivity index (χ2n) is 6.30. The maximum absolute atomic E-state index is 12.5. The van der Waals surface area contributed by atoms with E-state index in [9.17, 15) is 13.2 Å². The summed E-state index contributed by atoms with van der Waals surface area (Å²) in [6.07, 6.45) is 1.63. The van der Waals surface area contributed by atoms with Crippen LogP contribution in [0.1, 0.15) is 23.6 Å². The van der Waals surface area contributed by atoms with Crippen LogP contribution in [-0.4, -0.2) is 45.0 Å². The molecule has 0 saturated carbocycles. The van der Waals surface area contributed by atoms with Crippen molar-refractivity contribution in [3.8, 4) is 0 Å². The Balaban J connectivity index is 1.93. The molecule has 1 heterocycles. The summed E-state index contributed by atoms with van der Waals surface area (Å²) in [5, 5.41) is 5.96. The van der Waals surface area contributed by atoms with Crippen molar-refractivity contribution >= 4 is 27.3 Å². The Bertz CT molecular complexity index is 958. The highest BCUT2D eigenvalue weighted by Crippen LogP contribution is 2.33. The standard InChI is InChI=1S/C19H21N3O4S/c1-26-13-19(23)22-18(14-7-4-3-5-8-14)12-17(20-22)15-9-6-10-16(11-15)21-27(2,24)25/h3-11,18,21H,12-13H2,1-2H3. The second kappa shape index (κ2) is 7.89. The topological polar surface area (TPSA) is 88.1 Å². The Hall–Kier alpha value is -2.71. The molecule has 3 rings (SSSR count). The van der Waals surface area contributed by atoms with Crippen molar-refractivity contribution in [2.24, 2.45) is 5.10 Å². The smallest absolute Gasteiger partial charge is 0.269 e. The van der Waals surface area contributed by atoms with Crippen LogP contribution < -0.4 is 4.72 Å². The van der Waals surface area contributed by atoms with Gasteiger partial charge in [0.25, 0.3) is 5.91 Å². The van der Waals surface area contributed by atoms with Gasteiger partial charge >= 0.3 is 0 Å². The van der Waals surface area contributed by atoms with E-state index in [1.54, 1.807) is 18.2 Å². The zero-order valence-electron chi connectivity index (χ0n) is 15.1. The largest absolute Gasteiger partial charge is 0.375 e. The van der Waals surface area contributed by atoms with Gasteiger partial charge in [0, 0.05) is 19.2 Å². The van der Waals surface area contributed by atoms with Crippen molar-refractivity contribution in [1.82, 2.24) is 5.01 Å². The third kappa shape index (κ3) is 4.72. The third-order valence-electron chi connectivity index (χ3n) is 4.12. The van der Waals surface area contributed by atoms with E-state index in [-0.39, 0.29) is 18.6 Å². The Kier molecular flexibility index (Phi) is 5.57. The fourth-order valence-electron chi connectivity index (χ4n) is 3.02. The molecule has 8 heteroatoms. The van der Waals surface area contributed by atoms with Gasteiger partial charge in [-0.15, -0.1) is 0 Å². The molecule has 1 N–H and O–H groups in total. The van der Waals surface area contributed by atoms with E-state index in [1.165, 1.54) is 12.1 Å². The van der Waals surface area contributed by atoms with Gasteiger partial charge in [-0.1, -0.05) is 42.5 Å². The summed E-state index contributed by atoms with van der Waals surface area (Å²) in [7, 11) is -1.90. The minimum atomic E-state index is -3.37. The monoisotopic (exact) mass is 387 g/mol. The Morgan fingerprint density at radius 1 is 1.22 bits per heavy atom. The molecule has 0 aromatic heterocycles. The Labute approximate surface area is 158 Å². The lowest BCUT2D eigenvalue weighted by Crippen LogP contribution is -2.30. The highest BCUT2D eigenvalue weighted by molar-refractivity contribution is 7.92. The number of sulfonamides is 1. The van der Waals surface area contributed by atoms with Crippen LogP contribution in [0.5, 0.6) is 0 Å². The molecule has 1 atom stereocenters. The molecule has 2 aromatic rings. The van der Waals surface area contributed by atoms with Crippen molar-refractivity contribution in [3.63, 3.8) is 0 Å². The van der Waals surface area contributed by atoms with E-state index in [0.717, 1.165) is 17.4 Å². The summed E-state index contributed by atoms with van der Waals surface area (Å²) in [5.41, 5.74) is 2.91. The zero-order valence-corrected chi connectivity index (χ0v) is 15.9. The molecule has 27 heavy (non-hydrogen) atoms. The molecule has 0 fully saturated rings. The first-order valence-corrected chi connectivity index (χ1v) is 10.3. The van der Waals surface area contributed by atoms with Gasteiger partial charge in [0.2, 0.25) is 10.0 Å². The molecule has 0 bridgehead atoms. The number of methoxy groups -OCH3 is 1. The van der Waals surface area contributed by atoms with E-state index in [0.29, 0.717) is 17.8 Å². The molecular weight excluding hydrogens is 366 g/mol. The summed E-state index contributed by atoms with van der Waals surface area (Å²) in [4.78, 5) is 12.5. The predicted molar refractivity (Wildman–Crippen MR) is 104 cm³/mol. The van der Waals surface area contributed by atoms with Gasteiger partial charge in [-0.3, -0.25) is 9.52 Å². The lowest BCUT2D eigenvalue weighted by Gasteiger charge is -2.21. The molecule has 0 aliphatic carbocycles. The maximum Gasteiger partial charge on any atom is 0.269 e. The SMILES string of the molecule is COCC(=O)N1N=C(c2cccc(NS(C)(=O)=O)c2)CC1c1ccccc1. The summed E-state index contributed by atoms with van der Waals surface area (Å²) in [6, 6.07) is 16.4. The number of nitrogens with one attached hydrogen (secondary N) is 1. The predicted octanol–water partition coefficient (Wildman–Crippen LogP) is 2.38. The van der Waals surface area contributed by atoms with Gasteiger partial charge in [-0.05, 0) is 23.3 Å². The van der Waals surface area contributed by atoms with Crippen LogP contribution in [-0.2, 0) is 19.6 Å². The lowest BCUT2D eigenvalue weighted by atomic mass is 9.98. The minimum Gasteiger partial charge on any atom is -0.375 e. The number of hydrogen-bond acceptors (Lipinski definition) is 5. The molecule has 1 unspecified atom stereocenters. The van der Waals surface area contributed by atoms with Crippen LogP contribution in [0, 0.1) is 0 Å². The molecule has 0 spiro atoms. The zero-order chi connectivity index (χ0) is 19.4. The molecule has 0 saturated heterocycles. The molecule has 142 valence electrons. The fraction of sp³-hybridized carbons (Fsp3) is 0.263. The summed E-state index contributed by atoms with van der Waals surface area (Å²) < 4.78 is 30.4. The molecule has 2 aromatic carbocycles. The first-order valence-electron chi connectivity index (χ1n) is 8.39. The van der Waals surface area contributed by atoms with Crippen LogP contribution in [0.2, 0.25) is 0 Å². The summed E-state index contributed by atoms with van der Waals surface area (Å²) in [6.45, 7) is -0.0597. The highest BCUT2D eigenvalue weighted by Gasteiger charge is 2.32. The van der Waals surface area contributed by atoms with Crippen LogP contribution in [0.15, 0.2) is 59.7 Å². The fourth-order valence-corrected chi connectivity index (χ4v) is 3.57. The molecule has 7 nitrogen and oxygen atoms in total. The number of nitrogens with zero attached hydrogens (tertiary/aromatic N) is 2. The van der Waals surface area contributed by atoms with Crippen LogP contribution in [0.25, 0.3) is 0 Å². The molecule has 1 aliphatic heterocycles. The van der Waals surface area contributed by atoms with Crippen molar-refractivity contribution in [2.75, 3.05) is 24.7 Å². The van der Waals surface area contributed by atoms with Gasteiger partial charge in [0.1, 0.15) is 6.61 Å². The van der Waals surface area contributed by atoms with Gasteiger partial charge < -0.3 is 4.74 Å². The van der Waals surface area contributed by atoms with E-state index in [2.05, 4.69) is 9.82 Å². The minimum absolute atomic E-state index is 0.0597. The number of carbonyl (C=O) groups is 1. The number of anilines is 1. The number of rotatable bonds is 6. The van der Waals surface area contributed by atoms with E-state index in [1.807, 2.05) is 36.4 Å². The average Bonchev–Trinajstić information content (AvgIpc) is 3.07. The Morgan fingerprint density at radius 3 is 2.63 bits per heavy atom. The van der Waals surface area contributed by atoms with Crippen molar-refractivity contribution in [2.45, 2.75) is 12.5 Å². The third-order valence-corrected chi connectivity index (χ3v) is 4.72. The van der Waals surface area contributed by atoms with Crippen LogP contribution in [0.3, 0.4) is 0 Å². The summed E-state index contributed by atoms with van der Waals surface area (Å²) in [5.74, 6) is -0.230. The number of amides is 1. The van der Waals surface area contributed by atoms with Gasteiger partial charge in [0.05, 0.1) is 18.0 Å². The summed E-state index contributed by atoms with van der Waals surface area (Å²) >= 11 is 0. The van der Waals surface area contributed by atoms with Crippen LogP contribution >= 0.6 is 0 Å². The lowest BCUT2D eigenvalue weighted by molar-refractivity contribution is -0.137. The molecule has 1 amide bonds. The quantitative estimate of drug-likeness (QED) is 0.824. The number of benzene rings is 2. The second-order valence-corrected chi connectivity index (χ2v) is 8.05. The van der Waals surface area contributed by atoms with E-state index >= 15 is 0 Å². The van der Waals surface area contributed by atoms with Gasteiger partial charge in [-0.25, -0.2) is 13.4 Å². The molecule has 0 radical (unpaired) electrons. The van der Waals surface area contributed by atoms with Gasteiger partial charge in [0.15, 0.2) is 0 Å². The van der Waals surface area contributed by atoms with E-state index in [4.69, 9.17) is 4.74 Å². The highest BCUT2D eigenvalue weighted by atomic mass is 32.2. The number of hydrazone groups is 1.